The van der Waals surface area contributed by atoms with Gasteiger partial charge in [-0.2, -0.15) is 5.10 Å². The van der Waals surface area contributed by atoms with Crippen molar-refractivity contribution in [3.05, 3.63) is 111 Å². The van der Waals surface area contributed by atoms with Gasteiger partial charge in [-0.05, 0) is 60.7 Å². The van der Waals surface area contributed by atoms with Crippen molar-refractivity contribution in [1.82, 2.24) is 19.3 Å². The number of nitrogens with zero attached hydrogens (tertiary/aromatic N) is 7. The number of aryl methyl sites for hydroxylation is 1. The Kier molecular flexibility index (Phi) is 9.01. The maximum atomic E-state index is 6.58. The van der Waals surface area contributed by atoms with Crippen LogP contribution in [-0.2, 0) is 28.9 Å². The smallest absolute Gasteiger partial charge is 0.217 e. The van der Waals surface area contributed by atoms with E-state index in [1.807, 2.05) is 41.4 Å². The number of halogens is 2. The fraction of sp³-hybridized carbons (Fsp3) is 0.303. The van der Waals surface area contributed by atoms with Gasteiger partial charge in [-0.3, -0.25) is 0 Å². The minimum Gasteiger partial charge on any atom is -0.491 e. The summed E-state index contributed by atoms with van der Waals surface area (Å²) in [6, 6.07) is 22.0. The average molecular weight is 679 g/mol. The predicted octanol–water partition coefficient (Wildman–Crippen LogP) is 5.89. The van der Waals surface area contributed by atoms with Gasteiger partial charge in [0.2, 0.25) is 5.79 Å². The number of anilines is 2. The first-order valence-corrected chi connectivity index (χ1v) is 16.7. The Hall–Kier alpha value is -3.87. The number of rotatable bonds is 9. The van der Waals surface area contributed by atoms with Crippen LogP contribution >= 0.6 is 34.5 Å². The van der Waals surface area contributed by atoms with Crippen molar-refractivity contribution in [2.24, 2.45) is 12.0 Å². The summed E-state index contributed by atoms with van der Waals surface area (Å²) in [5, 5.41) is 7.27. The second-order valence-electron chi connectivity index (χ2n) is 11.2. The average Bonchev–Trinajstić information content (AvgIpc) is 3.84. The maximum absolute atomic E-state index is 6.58. The van der Waals surface area contributed by atoms with Crippen LogP contribution in [0.4, 0.5) is 17.1 Å². The molecule has 2 aliphatic heterocycles. The highest BCUT2D eigenvalue weighted by atomic mass is 35.5. The molecule has 5 aromatic rings. The third-order valence-electron chi connectivity index (χ3n) is 8.15. The van der Waals surface area contributed by atoms with Crippen LogP contribution in [0, 0.1) is 0 Å². The number of piperazine rings is 1. The standard InChI is InChI=1S/C33H33Cl2N7O3S/c1-39-16-17-46-32(39)38-25-3-5-26(6-4-25)40-12-14-41(15-13-40)27-7-9-28(10-8-27)43-19-29-20-44-33(45-29,21-42-23-36-22-37-42)30-11-2-24(34)18-31(30)35/h2-11,16-18,22-23,29H,12-15,19-21H2,1H3/b38-32+. The molecular formula is C33H33Cl2N7O3S. The van der Waals surface area contributed by atoms with Gasteiger partial charge in [-0.1, -0.05) is 29.3 Å². The highest BCUT2D eigenvalue weighted by Crippen LogP contribution is 2.40. The first-order chi connectivity index (χ1) is 22.4. The third kappa shape index (κ3) is 6.79. The molecule has 4 heterocycles. The number of aromatic nitrogens is 4. The molecule has 2 fully saturated rings. The van der Waals surface area contributed by atoms with Crippen LogP contribution in [0.25, 0.3) is 0 Å². The van der Waals surface area contributed by atoms with Gasteiger partial charge in [0.25, 0.3) is 0 Å². The molecule has 0 aliphatic carbocycles. The molecule has 3 aromatic carbocycles. The quantitative estimate of drug-likeness (QED) is 0.192. The number of ether oxygens (including phenoxy) is 3. The van der Waals surface area contributed by atoms with E-state index >= 15 is 0 Å². The zero-order chi connectivity index (χ0) is 31.5. The summed E-state index contributed by atoms with van der Waals surface area (Å²) in [7, 11) is 2.01. The molecule has 2 saturated heterocycles. The Labute approximate surface area is 281 Å². The van der Waals surface area contributed by atoms with E-state index in [4.69, 9.17) is 42.4 Å². The van der Waals surface area contributed by atoms with Crippen molar-refractivity contribution in [3.63, 3.8) is 0 Å². The van der Waals surface area contributed by atoms with Crippen LogP contribution in [0.1, 0.15) is 5.56 Å². The fourth-order valence-electron chi connectivity index (χ4n) is 5.73. The van der Waals surface area contributed by atoms with E-state index < -0.39 is 5.79 Å². The fourth-order valence-corrected chi connectivity index (χ4v) is 7.03. The molecular weight excluding hydrogens is 645 g/mol. The van der Waals surface area contributed by atoms with Gasteiger partial charge in [0.15, 0.2) is 4.80 Å². The maximum Gasteiger partial charge on any atom is 0.217 e. The van der Waals surface area contributed by atoms with E-state index in [0.29, 0.717) is 28.8 Å². The van der Waals surface area contributed by atoms with Gasteiger partial charge >= 0.3 is 0 Å². The molecule has 0 N–H and O–H groups in total. The lowest BCUT2D eigenvalue weighted by atomic mass is 10.1. The van der Waals surface area contributed by atoms with Crippen LogP contribution in [0.2, 0.25) is 10.0 Å². The summed E-state index contributed by atoms with van der Waals surface area (Å²) >= 11 is 14.4. The van der Waals surface area contributed by atoms with E-state index in [-0.39, 0.29) is 12.6 Å². The second-order valence-corrected chi connectivity index (χ2v) is 12.9. The normalized spacial score (nSPS) is 20.4. The Balaban J connectivity index is 0.930. The number of thiazole rings is 1. The van der Waals surface area contributed by atoms with Crippen molar-refractivity contribution in [3.8, 4) is 5.75 Å². The monoisotopic (exact) mass is 677 g/mol. The molecule has 0 radical (unpaired) electrons. The van der Waals surface area contributed by atoms with E-state index in [0.717, 1.165) is 42.4 Å². The molecule has 0 spiro atoms. The summed E-state index contributed by atoms with van der Waals surface area (Å²) in [4.78, 5) is 14.6. The van der Waals surface area contributed by atoms with E-state index in [1.54, 1.807) is 34.5 Å². The molecule has 2 aromatic heterocycles. The molecule has 2 atom stereocenters. The molecule has 0 saturated carbocycles. The van der Waals surface area contributed by atoms with E-state index in [9.17, 15) is 0 Å². The number of hydrogen-bond acceptors (Lipinski definition) is 9. The first-order valence-electron chi connectivity index (χ1n) is 15.0. The lowest BCUT2D eigenvalue weighted by Gasteiger charge is -2.37. The van der Waals surface area contributed by atoms with Crippen LogP contribution in [-0.4, -0.2) is 64.8 Å². The molecule has 0 bridgehead atoms. The Morgan fingerprint density at radius 1 is 0.978 bits per heavy atom. The second kappa shape index (κ2) is 13.5. The van der Waals surface area contributed by atoms with Crippen molar-refractivity contribution < 1.29 is 14.2 Å². The molecule has 7 rings (SSSR count). The minimum absolute atomic E-state index is 0.280. The molecule has 238 valence electrons. The van der Waals surface area contributed by atoms with Crippen molar-refractivity contribution in [2.75, 3.05) is 49.2 Å². The predicted molar refractivity (Wildman–Crippen MR) is 180 cm³/mol. The van der Waals surface area contributed by atoms with Gasteiger partial charge < -0.3 is 28.6 Å². The summed E-state index contributed by atoms with van der Waals surface area (Å²) < 4.78 is 22.6. The molecule has 0 amide bonds. The summed E-state index contributed by atoms with van der Waals surface area (Å²) in [6.07, 6.45) is 4.79. The summed E-state index contributed by atoms with van der Waals surface area (Å²) in [6.45, 7) is 4.70. The zero-order valence-electron chi connectivity index (χ0n) is 25.2. The van der Waals surface area contributed by atoms with Gasteiger partial charge in [-0.15, -0.1) is 11.3 Å². The van der Waals surface area contributed by atoms with E-state index in [1.165, 1.54) is 17.7 Å². The Morgan fingerprint density at radius 3 is 2.33 bits per heavy atom. The number of hydrogen-bond donors (Lipinski definition) is 0. The van der Waals surface area contributed by atoms with Crippen LogP contribution in [0.15, 0.2) is 96.0 Å². The van der Waals surface area contributed by atoms with Gasteiger partial charge in [0, 0.05) is 66.8 Å². The largest absolute Gasteiger partial charge is 0.491 e. The summed E-state index contributed by atoms with van der Waals surface area (Å²) in [5.74, 6) is -0.374. The van der Waals surface area contributed by atoms with Gasteiger partial charge in [0.1, 0.15) is 37.7 Å². The minimum atomic E-state index is -1.14. The lowest BCUT2D eigenvalue weighted by molar-refractivity contribution is -0.190. The van der Waals surface area contributed by atoms with Gasteiger partial charge in [-0.25, -0.2) is 14.7 Å². The SMILES string of the molecule is Cn1ccs/c1=N/c1ccc(N2CCN(c3ccc(OCC4COC(Cn5cncn5)(c5ccc(Cl)cc5Cl)O4)cc3)CC2)cc1. The van der Waals surface area contributed by atoms with E-state index in [2.05, 4.69) is 56.3 Å². The van der Waals surface area contributed by atoms with Crippen LogP contribution in [0.3, 0.4) is 0 Å². The third-order valence-corrected chi connectivity index (χ3v) is 9.55. The van der Waals surface area contributed by atoms with Crippen LogP contribution in [0.5, 0.6) is 5.75 Å². The highest BCUT2D eigenvalue weighted by molar-refractivity contribution is 7.07. The van der Waals surface area contributed by atoms with Crippen molar-refractivity contribution >= 4 is 51.6 Å². The Morgan fingerprint density at radius 2 is 1.70 bits per heavy atom. The van der Waals surface area contributed by atoms with Crippen molar-refractivity contribution in [2.45, 2.75) is 18.4 Å². The number of benzene rings is 3. The summed E-state index contributed by atoms with van der Waals surface area (Å²) in [5.41, 5.74) is 4.04. The molecule has 2 aliphatic rings. The molecule has 13 heteroatoms. The highest BCUT2D eigenvalue weighted by Gasteiger charge is 2.45. The topological polar surface area (TPSA) is 82.2 Å². The lowest BCUT2D eigenvalue weighted by Crippen LogP contribution is -2.46. The Bertz CT molecular complexity index is 1820. The van der Waals surface area contributed by atoms with Crippen LogP contribution < -0.4 is 19.3 Å². The first kappa shape index (κ1) is 30.8. The zero-order valence-corrected chi connectivity index (χ0v) is 27.5. The van der Waals surface area contributed by atoms with Crippen molar-refractivity contribution in [1.29, 1.82) is 0 Å². The molecule has 2 unspecified atom stereocenters. The molecule has 46 heavy (non-hydrogen) atoms. The van der Waals surface area contributed by atoms with Gasteiger partial charge in [0.05, 0.1) is 17.3 Å². The molecule has 10 nitrogen and oxygen atoms in total.